The van der Waals surface area contributed by atoms with Crippen molar-refractivity contribution in [1.29, 1.82) is 0 Å². The number of anilines is 1. The predicted molar refractivity (Wildman–Crippen MR) is 105 cm³/mol. The zero-order chi connectivity index (χ0) is 16.5. The van der Waals surface area contributed by atoms with Crippen LogP contribution in [0.15, 0.2) is 42.6 Å². The number of pyridine rings is 1. The normalized spacial score (nSPS) is 10.3. The van der Waals surface area contributed by atoms with Crippen LogP contribution in [0.25, 0.3) is 0 Å². The van der Waals surface area contributed by atoms with Crippen molar-refractivity contribution in [3.05, 3.63) is 58.7 Å². The summed E-state index contributed by atoms with van der Waals surface area (Å²) in [4.78, 5) is 4.26. The number of thiocarbonyl (C=S) groups is 1. The molecule has 2 rings (SSSR count). The first-order chi connectivity index (χ1) is 11.1. The van der Waals surface area contributed by atoms with E-state index in [1.165, 1.54) is 5.56 Å². The summed E-state index contributed by atoms with van der Waals surface area (Å²) < 4.78 is 0. The molecule has 0 saturated heterocycles. The number of hydrogen-bond acceptors (Lipinski definition) is 3. The minimum atomic E-state index is 0.620. The van der Waals surface area contributed by atoms with Crippen LogP contribution in [0.4, 0.5) is 5.82 Å². The third-order valence-electron chi connectivity index (χ3n) is 3.17. The fraction of sp³-hybridized carbons (Fsp3) is 0.294. The molecule has 0 saturated carbocycles. The number of thioether (sulfide) groups is 1. The topological polar surface area (TPSA) is 37.0 Å². The summed E-state index contributed by atoms with van der Waals surface area (Å²) in [6.45, 7) is 2.86. The highest BCUT2D eigenvalue weighted by molar-refractivity contribution is 7.98. The predicted octanol–water partition coefficient (Wildman–Crippen LogP) is 4.65. The van der Waals surface area contributed by atoms with E-state index < -0.39 is 0 Å². The van der Waals surface area contributed by atoms with E-state index in [1.807, 2.05) is 43.0 Å². The van der Waals surface area contributed by atoms with Crippen molar-refractivity contribution in [2.45, 2.75) is 19.1 Å². The van der Waals surface area contributed by atoms with Crippen molar-refractivity contribution in [2.75, 3.05) is 17.6 Å². The number of hydrogen-bond donors (Lipinski definition) is 2. The summed E-state index contributed by atoms with van der Waals surface area (Å²) in [5, 5.41) is 7.74. The van der Waals surface area contributed by atoms with E-state index >= 15 is 0 Å². The van der Waals surface area contributed by atoms with Gasteiger partial charge in [0.05, 0.1) is 0 Å². The summed E-state index contributed by atoms with van der Waals surface area (Å²) in [5.74, 6) is 2.90. The maximum absolute atomic E-state index is 5.87. The lowest BCUT2D eigenvalue weighted by molar-refractivity contribution is 0.853. The van der Waals surface area contributed by atoms with Crippen LogP contribution < -0.4 is 10.6 Å². The van der Waals surface area contributed by atoms with Gasteiger partial charge in [-0.2, -0.15) is 11.8 Å². The number of aromatic nitrogens is 1. The molecule has 1 heterocycles. The molecule has 0 atom stereocenters. The standard InChI is InChI=1S/C17H20ClN3S2/c1-13-4-2-9-19-16(13)21-17(22)20-10-3-11-23-12-14-5-7-15(18)8-6-14/h2,4-9H,3,10-12H2,1H3,(H2,19,20,21,22). The van der Waals surface area contributed by atoms with Gasteiger partial charge >= 0.3 is 0 Å². The highest BCUT2D eigenvalue weighted by Crippen LogP contribution is 2.15. The quantitative estimate of drug-likeness (QED) is 0.551. The van der Waals surface area contributed by atoms with Gasteiger partial charge in [-0.3, -0.25) is 0 Å². The molecule has 6 heteroatoms. The molecular weight excluding hydrogens is 346 g/mol. The molecule has 3 nitrogen and oxygen atoms in total. The Kier molecular flexibility index (Phi) is 7.65. The fourth-order valence-electron chi connectivity index (χ4n) is 1.92. The number of nitrogens with one attached hydrogen (secondary N) is 2. The fourth-order valence-corrected chi connectivity index (χ4v) is 3.16. The Bertz CT molecular complexity index is 632. The number of halogens is 1. The van der Waals surface area contributed by atoms with Crippen LogP contribution in [0.5, 0.6) is 0 Å². The molecule has 0 aliphatic carbocycles. The Morgan fingerprint density at radius 2 is 2.04 bits per heavy atom. The van der Waals surface area contributed by atoms with Gasteiger partial charge in [0.2, 0.25) is 0 Å². The highest BCUT2D eigenvalue weighted by atomic mass is 35.5. The number of rotatable bonds is 7. The molecule has 122 valence electrons. The Labute approximate surface area is 152 Å². The Morgan fingerprint density at radius 1 is 1.26 bits per heavy atom. The SMILES string of the molecule is Cc1cccnc1NC(=S)NCCCSCc1ccc(Cl)cc1. The van der Waals surface area contributed by atoms with Crippen molar-refractivity contribution < 1.29 is 0 Å². The second-order valence-electron chi connectivity index (χ2n) is 5.08. The molecule has 2 aromatic rings. The molecule has 0 amide bonds. The van der Waals surface area contributed by atoms with Gasteiger partial charge < -0.3 is 10.6 Å². The summed E-state index contributed by atoms with van der Waals surface area (Å²) in [6.07, 6.45) is 2.81. The van der Waals surface area contributed by atoms with E-state index in [1.54, 1.807) is 6.20 Å². The Hall–Kier alpha value is -1.30. The summed E-state index contributed by atoms with van der Waals surface area (Å²) >= 11 is 13.1. The molecular formula is C17H20ClN3S2. The van der Waals surface area contributed by atoms with Crippen LogP contribution in [0, 0.1) is 6.92 Å². The maximum Gasteiger partial charge on any atom is 0.171 e. The van der Waals surface area contributed by atoms with Crippen LogP contribution in [0.2, 0.25) is 5.02 Å². The molecule has 1 aromatic heterocycles. The van der Waals surface area contributed by atoms with Crippen LogP contribution in [0.1, 0.15) is 17.5 Å². The maximum atomic E-state index is 5.87. The Morgan fingerprint density at radius 3 is 2.78 bits per heavy atom. The molecule has 0 unspecified atom stereocenters. The van der Waals surface area contributed by atoms with Crippen molar-refractivity contribution in [2.24, 2.45) is 0 Å². The smallest absolute Gasteiger partial charge is 0.171 e. The molecule has 0 bridgehead atoms. The van der Waals surface area contributed by atoms with Crippen LogP contribution in [0.3, 0.4) is 0 Å². The summed E-state index contributed by atoms with van der Waals surface area (Å²) in [5.41, 5.74) is 2.38. The van der Waals surface area contributed by atoms with Crippen molar-refractivity contribution >= 4 is 46.5 Å². The molecule has 23 heavy (non-hydrogen) atoms. The van der Waals surface area contributed by atoms with Crippen LogP contribution >= 0.6 is 35.6 Å². The molecule has 0 radical (unpaired) electrons. The zero-order valence-corrected chi connectivity index (χ0v) is 15.4. The van der Waals surface area contributed by atoms with E-state index in [0.29, 0.717) is 5.11 Å². The summed E-state index contributed by atoms with van der Waals surface area (Å²) in [7, 11) is 0. The van der Waals surface area contributed by atoms with Gasteiger partial charge in [0.15, 0.2) is 5.11 Å². The van der Waals surface area contributed by atoms with E-state index in [9.17, 15) is 0 Å². The highest BCUT2D eigenvalue weighted by Gasteiger charge is 2.01. The summed E-state index contributed by atoms with van der Waals surface area (Å²) in [6, 6.07) is 11.9. The monoisotopic (exact) mass is 365 g/mol. The first-order valence-electron chi connectivity index (χ1n) is 7.44. The average molecular weight is 366 g/mol. The third-order valence-corrected chi connectivity index (χ3v) is 4.79. The van der Waals surface area contributed by atoms with Gasteiger partial charge in [-0.1, -0.05) is 29.8 Å². The first kappa shape index (κ1) is 18.0. The second-order valence-corrected chi connectivity index (χ2v) is 7.03. The molecule has 0 aliphatic rings. The lowest BCUT2D eigenvalue weighted by Gasteiger charge is -2.11. The lowest BCUT2D eigenvalue weighted by atomic mass is 10.2. The largest absolute Gasteiger partial charge is 0.362 e. The van der Waals surface area contributed by atoms with Gasteiger partial charge in [0, 0.05) is 23.5 Å². The van der Waals surface area contributed by atoms with Gasteiger partial charge in [-0.25, -0.2) is 4.98 Å². The number of aryl methyl sites for hydroxylation is 1. The first-order valence-corrected chi connectivity index (χ1v) is 9.38. The van der Waals surface area contributed by atoms with E-state index in [0.717, 1.165) is 40.9 Å². The van der Waals surface area contributed by atoms with E-state index in [4.69, 9.17) is 23.8 Å². The molecule has 1 aromatic carbocycles. The number of benzene rings is 1. The second kappa shape index (κ2) is 9.75. The lowest BCUT2D eigenvalue weighted by Crippen LogP contribution is -2.30. The van der Waals surface area contributed by atoms with Gasteiger partial charge in [-0.05, 0) is 60.6 Å². The van der Waals surface area contributed by atoms with Crippen LogP contribution in [-0.4, -0.2) is 22.4 Å². The molecule has 0 fully saturated rings. The Balaban J connectivity index is 1.57. The van der Waals surface area contributed by atoms with Crippen molar-refractivity contribution in [1.82, 2.24) is 10.3 Å². The molecule has 0 aliphatic heterocycles. The van der Waals surface area contributed by atoms with Gasteiger partial charge in [-0.15, -0.1) is 0 Å². The minimum absolute atomic E-state index is 0.620. The zero-order valence-electron chi connectivity index (χ0n) is 13.0. The van der Waals surface area contributed by atoms with Gasteiger partial charge in [0.1, 0.15) is 5.82 Å². The van der Waals surface area contributed by atoms with Gasteiger partial charge in [0.25, 0.3) is 0 Å². The molecule has 2 N–H and O–H groups in total. The van der Waals surface area contributed by atoms with E-state index in [-0.39, 0.29) is 0 Å². The van der Waals surface area contributed by atoms with Crippen LogP contribution in [-0.2, 0) is 5.75 Å². The average Bonchev–Trinajstić information content (AvgIpc) is 2.54. The van der Waals surface area contributed by atoms with Crippen molar-refractivity contribution in [3.63, 3.8) is 0 Å². The van der Waals surface area contributed by atoms with E-state index in [2.05, 4.69) is 27.8 Å². The molecule has 0 spiro atoms. The van der Waals surface area contributed by atoms with Crippen molar-refractivity contribution in [3.8, 4) is 0 Å². The number of nitrogens with zero attached hydrogens (tertiary/aromatic N) is 1. The minimum Gasteiger partial charge on any atom is -0.362 e. The third kappa shape index (κ3) is 6.77.